The summed E-state index contributed by atoms with van der Waals surface area (Å²) >= 11 is 2.98. The molecule has 210 valence electrons. The van der Waals surface area contributed by atoms with E-state index in [4.69, 9.17) is 9.47 Å². The van der Waals surface area contributed by atoms with Crippen LogP contribution in [0.5, 0.6) is 23.0 Å². The summed E-state index contributed by atoms with van der Waals surface area (Å²) in [6.07, 6.45) is 3.16. The standard InChI is InChI=1S/C30H24N6O4S2/c1-39-23-13-17(15-31-35-29-33-21-7-3-5-9-25(21)41-29)11-19(27(23)37)20-12-18(14-24(40-2)28(20)38)16-32-36-30-34-22-8-4-6-10-26(22)42-30/h3-16,37-38H,1-2H3,(H,33,35)(H,34,36)/b31-15+,32-16+. The minimum absolute atomic E-state index is 0.146. The van der Waals surface area contributed by atoms with E-state index in [1.54, 1.807) is 36.7 Å². The molecule has 0 saturated carbocycles. The Balaban J connectivity index is 1.29. The minimum atomic E-state index is -0.146. The van der Waals surface area contributed by atoms with Crippen LogP contribution in [0, 0.1) is 0 Å². The zero-order valence-corrected chi connectivity index (χ0v) is 24.0. The topological polar surface area (TPSA) is 133 Å². The summed E-state index contributed by atoms with van der Waals surface area (Å²) in [5, 5.41) is 32.0. The normalized spacial score (nSPS) is 11.6. The number of aromatic nitrogens is 2. The highest BCUT2D eigenvalue weighted by molar-refractivity contribution is 7.22. The number of ether oxygens (including phenoxy) is 2. The number of methoxy groups -OCH3 is 2. The molecule has 42 heavy (non-hydrogen) atoms. The van der Waals surface area contributed by atoms with E-state index in [1.165, 1.54) is 36.9 Å². The van der Waals surface area contributed by atoms with Crippen molar-refractivity contribution in [3.05, 3.63) is 83.9 Å². The van der Waals surface area contributed by atoms with E-state index in [2.05, 4.69) is 31.0 Å². The van der Waals surface area contributed by atoms with Crippen molar-refractivity contribution in [3.8, 4) is 34.1 Å². The smallest absolute Gasteiger partial charge is 0.204 e. The number of nitrogens with one attached hydrogen (secondary N) is 2. The molecule has 2 heterocycles. The number of aromatic hydroxyl groups is 2. The van der Waals surface area contributed by atoms with Crippen molar-refractivity contribution >= 4 is 65.8 Å². The molecule has 4 N–H and O–H groups in total. The number of para-hydroxylation sites is 2. The molecule has 12 heteroatoms. The van der Waals surface area contributed by atoms with Gasteiger partial charge in [-0.15, -0.1) is 0 Å². The SMILES string of the molecule is COc1cc(/C=N/Nc2nc3ccccc3s2)cc(-c2cc(/C=N/Nc3nc4ccccc4s3)cc(OC)c2O)c1O. The fraction of sp³-hybridized carbons (Fsp3) is 0.0667. The van der Waals surface area contributed by atoms with Crippen LogP contribution in [0.4, 0.5) is 10.3 Å². The number of hydrogen-bond donors (Lipinski definition) is 4. The van der Waals surface area contributed by atoms with Crippen molar-refractivity contribution in [1.82, 2.24) is 9.97 Å². The molecule has 0 bridgehead atoms. The van der Waals surface area contributed by atoms with E-state index in [0.717, 1.165) is 20.4 Å². The molecule has 0 spiro atoms. The Morgan fingerprint density at radius 3 is 1.50 bits per heavy atom. The van der Waals surface area contributed by atoms with Crippen molar-refractivity contribution < 1.29 is 19.7 Å². The summed E-state index contributed by atoms with van der Waals surface area (Å²) in [6, 6.07) is 22.3. The Morgan fingerprint density at radius 1 is 0.667 bits per heavy atom. The first-order chi connectivity index (χ1) is 20.5. The highest BCUT2D eigenvalue weighted by Crippen LogP contribution is 2.45. The van der Waals surface area contributed by atoms with Gasteiger partial charge in [0.15, 0.2) is 23.0 Å². The zero-order valence-electron chi connectivity index (χ0n) is 22.4. The van der Waals surface area contributed by atoms with Crippen molar-refractivity contribution in [3.63, 3.8) is 0 Å². The van der Waals surface area contributed by atoms with Crippen molar-refractivity contribution in [2.75, 3.05) is 25.1 Å². The molecule has 0 aliphatic carbocycles. The van der Waals surface area contributed by atoms with Gasteiger partial charge in [0.2, 0.25) is 10.3 Å². The van der Waals surface area contributed by atoms with Crippen LogP contribution >= 0.6 is 22.7 Å². The predicted octanol–water partition coefficient (Wildman–Crippen LogP) is 6.89. The number of phenols is 2. The van der Waals surface area contributed by atoms with Gasteiger partial charge in [0.1, 0.15) is 0 Å². The molecule has 2 aromatic heterocycles. The number of thiazole rings is 2. The van der Waals surface area contributed by atoms with Crippen molar-refractivity contribution in [2.24, 2.45) is 10.2 Å². The average molecular weight is 597 g/mol. The molecule has 0 amide bonds. The summed E-state index contributed by atoms with van der Waals surface area (Å²) in [6.45, 7) is 0. The van der Waals surface area contributed by atoms with Crippen LogP contribution in [0.15, 0.2) is 83.0 Å². The second kappa shape index (κ2) is 11.7. The molecule has 4 aromatic carbocycles. The molecule has 10 nitrogen and oxygen atoms in total. The first kappa shape index (κ1) is 27.0. The van der Waals surface area contributed by atoms with Gasteiger partial charge in [-0.2, -0.15) is 10.2 Å². The number of hydrogen-bond acceptors (Lipinski definition) is 12. The van der Waals surface area contributed by atoms with Crippen LogP contribution in [0.1, 0.15) is 11.1 Å². The molecule has 0 radical (unpaired) electrons. The van der Waals surface area contributed by atoms with Crippen LogP contribution < -0.4 is 20.3 Å². The van der Waals surface area contributed by atoms with E-state index in [9.17, 15) is 10.2 Å². The number of rotatable bonds is 9. The van der Waals surface area contributed by atoms with Gasteiger partial charge in [-0.25, -0.2) is 9.97 Å². The van der Waals surface area contributed by atoms with Crippen LogP contribution in [-0.4, -0.2) is 46.8 Å². The van der Waals surface area contributed by atoms with Crippen LogP contribution in [0.3, 0.4) is 0 Å². The zero-order chi connectivity index (χ0) is 29.1. The molecule has 0 atom stereocenters. The van der Waals surface area contributed by atoms with Gasteiger partial charge in [0, 0.05) is 11.1 Å². The summed E-state index contributed by atoms with van der Waals surface area (Å²) < 4.78 is 12.9. The van der Waals surface area contributed by atoms with Crippen LogP contribution in [-0.2, 0) is 0 Å². The second-order valence-corrected chi connectivity index (χ2v) is 11.0. The predicted molar refractivity (Wildman–Crippen MR) is 170 cm³/mol. The van der Waals surface area contributed by atoms with Gasteiger partial charge >= 0.3 is 0 Å². The number of nitrogens with zero attached hydrogens (tertiary/aromatic N) is 4. The van der Waals surface area contributed by atoms with Gasteiger partial charge in [-0.3, -0.25) is 10.9 Å². The average Bonchev–Trinajstić information content (AvgIpc) is 3.62. The Bertz CT molecular complexity index is 1760. The number of fused-ring (bicyclic) bond motifs is 2. The molecule has 6 rings (SSSR count). The quantitative estimate of drug-likeness (QED) is 0.105. The minimum Gasteiger partial charge on any atom is -0.504 e. The van der Waals surface area contributed by atoms with Crippen molar-refractivity contribution in [2.45, 2.75) is 0 Å². The summed E-state index contributed by atoms with van der Waals surface area (Å²) in [7, 11) is 2.91. The van der Waals surface area contributed by atoms with Crippen LogP contribution in [0.25, 0.3) is 31.6 Å². The maximum Gasteiger partial charge on any atom is 0.204 e. The number of anilines is 2. The largest absolute Gasteiger partial charge is 0.504 e. The van der Waals surface area contributed by atoms with Crippen molar-refractivity contribution in [1.29, 1.82) is 0 Å². The third kappa shape index (κ3) is 5.53. The number of benzene rings is 4. The van der Waals surface area contributed by atoms with Gasteiger partial charge in [-0.1, -0.05) is 46.9 Å². The monoisotopic (exact) mass is 596 g/mol. The molecular weight excluding hydrogens is 573 g/mol. The highest BCUT2D eigenvalue weighted by atomic mass is 32.1. The Kier molecular flexibility index (Phi) is 7.54. The summed E-state index contributed by atoms with van der Waals surface area (Å²) in [5.41, 5.74) is 9.55. The Labute approximate surface area is 248 Å². The maximum absolute atomic E-state index is 11.0. The van der Waals surface area contributed by atoms with Gasteiger partial charge < -0.3 is 19.7 Å². The first-order valence-electron chi connectivity index (χ1n) is 12.6. The lowest BCUT2D eigenvalue weighted by molar-refractivity contribution is 0.371. The lowest BCUT2D eigenvalue weighted by atomic mass is 9.98. The Morgan fingerprint density at radius 2 is 1.10 bits per heavy atom. The van der Waals surface area contributed by atoms with E-state index in [1.807, 2.05) is 48.5 Å². The van der Waals surface area contributed by atoms with Gasteiger partial charge in [0.25, 0.3) is 0 Å². The Hall–Kier alpha value is -5.20. The third-order valence-corrected chi connectivity index (χ3v) is 8.14. The summed E-state index contributed by atoms with van der Waals surface area (Å²) in [5.74, 6) is 0.133. The number of phenolic OH excluding ortho intramolecular Hbond substituents is 2. The fourth-order valence-corrected chi connectivity index (χ4v) is 5.92. The fourth-order valence-electron chi connectivity index (χ4n) is 4.29. The third-order valence-electron chi connectivity index (χ3n) is 6.26. The molecule has 0 aliphatic heterocycles. The van der Waals surface area contributed by atoms with E-state index in [0.29, 0.717) is 32.5 Å². The van der Waals surface area contributed by atoms with Gasteiger partial charge in [-0.05, 0) is 59.7 Å². The lowest BCUT2D eigenvalue weighted by Crippen LogP contribution is -1.96. The molecule has 0 saturated heterocycles. The van der Waals surface area contributed by atoms with E-state index < -0.39 is 0 Å². The maximum atomic E-state index is 11.0. The molecule has 0 unspecified atom stereocenters. The first-order valence-corrected chi connectivity index (χ1v) is 14.3. The summed E-state index contributed by atoms with van der Waals surface area (Å²) in [4.78, 5) is 9.03. The molecule has 0 fully saturated rings. The van der Waals surface area contributed by atoms with Crippen LogP contribution in [0.2, 0.25) is 0 Å². The molecule has 6 aromatic rings. The van der Waals surface area contributed by atoms with E-state index in [-0.39, 0.29) is 23.0 Å². The van der Waals surface area contributed by atoms with E-state index >= 15 is 0 Å². The second-order valence-electron chi connectivity index (χ2n) is 8.95. The lowest BCUT2D eigenvalue weighted by Gasteiger charge is -2.14. The molecular formula is C30H24N6O4S2. The number of hydrazone groups is 2. The molecule has 0 aliphatic rings. The highest BCUT2D eigenvalue weighted by Gasteiger charge is 2.19. The van der Waals surface area contributed by atoms with Gasteiger partial charge in [0.05, 0.1) is 47.1 Å².